The fourth-order valence-electron chi connectivity index (χ4n) is 2.82. The molecule has 1 saturated heterocycles. The first kappa shape index (κ1) is 15.5. The minimum absolute atomic E-state index is 0.233. The molecular formula is C14H25N3O2S. The van der Waals surface area contributed by atoms with Gasteiger partial charge in [-0.25, -0.2) is 8.42 Å². The molecule has 1 aromatic heterocycles. The summed E-state index contributed by atoms with van der Waals surface area (Å²) in [5, 5.41) is 7.82. The Labute approximate surface area is 121 Å². The normalized spacial score (nSPS) is 23.0. The van der Waals surface area contributed by atoms with Crippen LogP contribution in [-0.4, -0.2) is 42.3 Å². The van der Waals surface area contributed by atoms with Crippen LogP contribution in [-0.2, 0) is 22.8 Å². The highest BCUT2D eigenvalue weighted by Gasteiger charge is 2.33. The maximum Gasteiger partial charge on any atom is 0.150 e. The van der Waals surface area contributed by atoms with Gasteiger partial charge in [-0.05, 0) is 44.2 Å². The van der Waals surface area contributed by atoms with E-state index in [-0.39, 0.29) is 12.0 Å². The van der Waals surface area contributed by atoms with Gasteiger partial charge in [0.2, 0.25) is 0 Å². The highest BCUT2D eigenvalue weighted by atomic mass is 32.2. The van der Waals surface area contributed by atoms with Gasteiger partial charge in [0.25, 0.3) is 0 Å². The molecule has 1 aliphatic heterocycles. The van der Waals surface area contributed by atoms with Crippen LogP contribution in [0.25, 0.3) is 0 Å². The molecule has 1 fully saturated rings. The molecule has 0 saturated carbocycles. The van der Waals surface area contributed by atoms with Crippen LogP contribution in [0.3, 0.4) is 0 Å². The summed E-state index contributed by atoms with van der Waals surface area (Å²) >= 11 is 0. The van der Waals surface area contributed by atoms with Gasteiger partial charge >= 0.3 is 0 Å². The molecule has 0 radical (unpaired) electrons. The van der Waals surface area contributed by atoms with Crippen molar-refractivity contribution >= 4 is 9.84 Å². The Morgan fingerprint density at radius 2 is 2.30 bits per heavy atom. The molecule has 1 aliphatic rings. The van der Waals surface area contributed by atoms with Gasteiger partial charge in [-0.2, -0.15) is 5.10 Å². The number of aryl methyl sites for hydroxylation is 1. The van der Waals surface area contributed by atoms with Crippen molar-refractivity contribution in [2.45, 2.75) is 45.7 Å². The van der Waals surface area contributed by atoms with E-state index in [1.165, 1.54) is 5.56 Å². The lowest BCUT2D eigenvalue weighted by molar-refractivity contribution is 0.379. The average molecular weight is 299 g/mol. The summed E-state index contributed by atoms with van der Waals surface area (Å²) in [6.07, 6.45) is 6.66. The third-order valence-electron chi connectivity index (χ3n) is 3.96. The van der Waals surface area contributed by atoms with E-state index in [0.717, 1.165) is 32.4 Å². The summed E-state index contributed by atoms with van der Waals surface area (Å²) in [5.41, 5.74) is 1.18. The van der Waals surface area contributed by atoms with Crippen LogP contribution in [0.2, 0.25) is 0 Å². The first-order chi connectivity index (χ1) is 9.54. The zero-order chi connectivity index (χ0) is 14.6. The van der Waals surface area contributed by atoms with E-state index in [2.05, 4.69) is 30.5 Å². The van der Waals surface area contributed by atoms with Crippen molar-refractivity contribution in [3.63, 3.8) is 0 Å². The average Bonchev–Trinajstić information content (AvgIpc) is 3.00. The second-order valence-corrected chi connectivity index (χ2v) is 7.86. The van der Waals surface area contributed by atoms with Crippen LogP contribution < -0.4 is 5.32 Å². The highest BCUT2D eigenvalue weighted by molar-refractivity contribution is 7.91. The Bertz CT molecular complexity index is 524. The van der Waals surface area contributed by atoms with E-state index in [1.54, 1.807) is 0 Å². The smallest absolute Gasteiger partial charge is 0.150 e. The van der Waals surface area contributed by atoms with Crippen LogP contribution in [0.15, 0.2) is 12.4 Å². The molecule has 0 amide bonds. The number of sulfone groups is 1. The number of hydrogen-bond acceptors (Lipinski definition) is 4. The van der Waals surface area contributed by atoms with Crippen molar-refractivity contribution in [1.29, 1.82) is 0 Å². The first-order valence-electron chi connectivity index (χ1n) is 7.49. The summed E-state index contributed by atoms with van der Waals surface area (Å²) in [5.74, 6) is 0.906. The molecule has 1 aromatic rings. The van der Waals surface area contributed by atoms with Crippen LogP contribution in [0.5, 0.6) is 0 Å². The van der Waals surface area contributed by atoms with Gasteiger partial charge in [0, 0.05) is 18.8 Å². The molecule has 0 bridgehead atoms. The van der Waals surface area contributed by atoms with Crippen molar-refractivity contribution in [3.05, 3.63) is 18.0 Å². The maximum atomic E-state index is 11.7. The third-order valence-corrected chi connectivity index (χ3v) is 5.75. The minimum atomic E-state index is -2.82. The van der Waals surface area contributed by atoms with E-state index in [0.29, 0.717) is 11.5 Å². The van der Waals surface area contributed by atoms with Crippen molar-refractivity contribution in [2.75, 3.05) is 18.1 Å². The van der Waals surface area contributed by atoms with Gasteiger partial charge in [0.1, 0.15) is 0 Å². The van der Waals surface area contributed by atoms with E-state index < -0.39 is 9.84 Å². The molecule has 2 atom stereocenters. The van der Waals surface area contributed by atoms with Gasteiger partial charge in [-0.1, -0.05) is 6.92 Å². The molecular weight excluding hydrogens is 274 g/mol. The monoisotopic (exact) mass is 299 g/mol. The summed E-state index contributed by atoms with van der Waals surface area (Å²) < 4.78 is 25.3. The van der Waals surface area contributed by atoms with E-state index in [1.807, 2.05) is 10.9 Å². The Morgan fingerprint density at radius 1 is 1.50 bits per heavy atom. The van der Waals surface area contributed by atoms with E-state index in [9.17, 15) is 8.42 Å². The topological polar surface area (TPSA) is 64.0 Å². The van der Waals surface area contributed by atoms with Crippen LogP contribution in [0.1, 0.15) is 32.3 Å². The summed E-state index contributed by atoms with van der Waals surface area (Å²) in [6, 6.07) is 0.238. The summed E-state index contributed by atoms with van der Waals surface area (Å²) in [4.78, 5) is 0. The number of nitrogens with zero attached hydrogens (tertiary/aromatic N) is 2. The number of nitrogens with one attached hydrogen (secondary N) is 1. The lowest BCUT2D eigenvalue weighted by Crippen LogP contribution is -2.39. The van der Waals surface area contributed by atoms with Gasteiger partial charge in [0.05, 0.1) is 17.7 Å². The molecule has 114 valence electrons. The molecule has 6 heteroatoms. The largest absolute Gasteiger partial charge is 0.313 e. The molecule has 2 unspecified atom stereocenters. The van der Waals surface area contributed by atoms with Crippen molar-refractivity contribution in [2.24, 2.45) is 5.92 Å². The second-order valence-electron chi connectivity index (χ2n) is 5.63. The van der Waals surface area contributed by atoms with Crippen LogP contribution in [0, 0.1) is 5.92 Å². The fraction of sp³-hybridized carbons (Fsp3) is 0.786. The molecule has 1 N–H and O–H groups in total. The quantitative estimate of drug-likeness (QED) is 0.823. The van der Waals surface area contributed by atoms with E-state index in [4.69, 9.17) is 0 Å². The summed E-state index contributed by atoms with van der Waals surface area (Å²) in [7, 11) is -2.82. The first-order valence-corrected chi connectivity index (χ1v) is 9.31. The maximum absolute atomic E-state index is 11.7. The number of rotatable bonds is 7. The van der Waals surface area contributed by atoms with E-state index >= 15 is 0 Å². The molecule has 0 aliphatic carbocycles. The fourth-order valence-corrected chi connectivity index (χ4v) is 4.69. The highest BCUT2D eigenvalue weighted by Crippen LogP contribution is 2.24. The number of aromatic nitrogens is 2. The van der Waals surface area contributed by atoms with Gasteiger partial charge in [-0.3, -0.25) is 4.68 Å². The minimum Gasteiger partial charge on any atom is -0.313 e. The zero-order valence-corrected chi connectivity index (χ0v) is 13.2. The van der Waals surface area contributed by atoms with Gasteiger partial charge in [0.15, 0.2) is 9.84 Å². The molecule has 0 spiro atoms. The summed E-state index contributed by atoms with van der Waals surface area (Å²) in [6.45, 7) is 5.99. The zero-order valence-electron chi connectivity index (χ0n) is 12.4. The van der Waals surface area contributed by atoms with Crippen molar-refractivity contribution < 1.29 is 8.42 Å². The van der Waals surface area contributed by atoms with Crippen LogP contribution in [0.4, 0.5) is 0 Å². The molecule has 20 heavy (non-hydrogen) atoms. The predicted octanol–water partition coefficient (Wildman–Crippen LogP) is 1.25. The Kier molecular flexibility index (Phi) is 5.21. The van der Waals surface area contributed by atoms with Gasteiger partial charge in [-0.15, -0.1) is 0 Å². The second kappa shape index (κ2) is 6.72. The van der Waals surface area contributed by atoms with Crippen LogP contribution >= 0.6 is 0 Å². The SMILES string of the molecule is CCCNC(Cc1cnn(CC)c1)C1CCS(=O)(=O)C1. The van der Waals surface area contributed by atoms with Gasteiger partial charge < -0.3 is 5.32 Å². The Morgan fingerprint density at radius 3 is 2.85 bits per heavy atom. The van der Waals surface area contributed by atoms with Crippen molar-refractivity contribution in [1.82, 2.24) is 15.1 Å². The third kappa shape index (κ3) is 4.06. The van der Waals surface area contributed by atoms with Crippen molar-refractivity contribution in [3.8, 4) is 0 Å². The Hall–Kier alpha value is -0.880. The molecule has 2 heterocycles. The molecule has 0 aromatic carbocycles. The lowest BCUT2D eigenvalue weighted by Gasteiger charge is -2.23. The number of hydrogen-bond donors (Lipinski definition) is 1. The standard InChI is InChI=1S/C14H25N3O2S/c1-3-6-15-14(13-5-7-20(18,19)11-13)8-12-9-16-17(4-2)10-12/h9-10,13-15H,3-8,11H2,1-2H3. The predicted molar refractivity (Wildman–Crippen MR) is 80.4 cm³/mol. The Balaban J connectivity index is 2.03. The molecule has 5 nitrogen and oxygen atoms in total. The lowest BCUT2D eigenvalue weighted by atomic mass is 9.94. The molecule has 2 rings (SSSR count).